The van der Waals surface area contributed by atoms with Crippen molar-refractivity contribution in [1.82, 2.24) is 0 Å². The van der Waals surface area contributed by atoms with Gasteiger partial charge in [0, 0.05) is 24.3 Å². The normalized spacial score (nSPS) is 14.3. The Bertz CT molecular complexity index is 460. The highest BCUT2D eigenvalue weighted by Gasteiger charge is 2.14. The molecular formula is C12H11NO3. The van der Waals surface area contributed by atoms with Gasteiger partial charge in [-0.25, -0.2) is 4.79 Å². The summed E-state index contributed by atoms with van der Waals surface area (Å²) in [6, 6.07) is 7.28. The lowest BCUT2D eigenvalue weighted by Crippen LogP contribution is -2.05. The van der Waals surface area contributed by atoms with Crippen molar-refractivity contribution in [2.24, 2.45) is 0 Å². The third kappa shape index (κ3) is 2.28. The van der Waals surface area contributed by atoms with Crippen LogP contribution >= 0.6 is 0 Å². The van der Waals surface area contributed by atoms with Crippen molar-refractivity contribution < 1.29 is 14.3 Å². The van der Waals surface area contributed by atoms with Gasteiger partial charge in [0.15, 0.2) is 0 Å². The second-order valence-corrected chi connectivity index (χ2v) is 3.54. The number of benzene rings is 1. The molecule has 1 amide bonds. The Balaban J connectivity index is 2.16. The number of anilines is 1. The zero-order valence-electron chi connectivity index (χ0n) is 8.82. The van der Waals surface area contributed by atoms with E-state index in [0.29, 0.717) is 6.61 Å². The van der Waals surface area contributed by atoms with Crippen LogP contribution in [0.5, 0.6) is 0 Å². The number of amides is 1. The van der Waals surface area contributed by atoms with Gasteiger partial charge in [-0.15, -0.1) is 0 Å². The van der Waals surface area contributed by atoms with Crippen LogP contribution in [0, 0.1) is 0 Å². The molecule has 2 rings (SSSR count). The van der Waals surface area contributed by atoms with Gasteiger partial charge in [0.2, 0.25) is 5.91 Å². The van der Waals surface area contributed by atoms with E-state index >= 15 is 0 Å². The van der Waals surface area contributed by atoms with Crippen molar-refractivity contribution in [2.45, 2.75) is 6.92 Å². The van der Waals surface area contributed by atoms with E-state index in [1.54, 1.807) is 12.1 Å². The fourth-order valence-corrected chi connectivity index (χ4v) is 1.51. The van der Waals surface area contributed by atoms with Crippen molar-refractivity contribution in [3.05, 3.63) is 35.9 Å². The monoisotopic (exact) mass is 217 g/mol. The van der Waals surface area contributed by atoms with Gasteiger partial charge in [-0.3, -0.25) is 4.79 Å². The predicted molar refractivity (Wildman–Crippen MR) is 59.7 cm³/mol. The van der Waals surface area contributed by atoms with E-state index in [1.807, 2.05) is 12.1 Å². The molecule has 4 nitrogen and oxygen atoms in total. The van der Waals surface area contributed by atoms with E-state index in [-0.39, 0.29) is 11.9 Å². The maximum Gasteiger partial charge on any atom is 0.331 e. The first-order valence-electron chi connectivity index (χ1n) is 4.90. The van der Waals surface area contributed by atoms with Crippen molar-refractivity contribution >= 4 is 23.1 Å². The summed E-state index contributed by atoms with van der Waals surface area (Å²) >= 11 is 0. The molecule has 16 heavy (non-hydrogen) atoms. The number of esters is 1. The summed E-state index contributed by atoms with van der Waals surface area (Å²) in [5.74, 6) is -0.410. The third-order valence-corrected chi connectivity index (χ3v) is 2.24. The van der Waals surface area contributed by atoms with Crippen molar-refractivity contribution in [1.29, 1.82) is 0 Å². The number of nitrogens with one attached hydrogen (secondary N) is 1. The van der Waals surface area contributed by atoms with E-state index in [0.717, 1.165) is 16.8 Å². The first kappa shape index (κ1) is 10.4. The van der Waals surface area contributed by atoms with E-state index in [2.05, 4.69) is 5.32 Å². The van der Waals surface area contributed by atoms with Crippen LogP contribution in [0.1, 0.15) is 12.5 Å². The lowest BCUT2D eigenvalue weighted by atomic mass is 10.1. The molecule has 0 aliphatic carbocycles. The minimum absolute atomic E-state index is 0.105. The summed E-state index contributed by atoms with van der Waals surface area (Å²) in [5.41, 5.74) is 2.53. The number of rotatable bonds is 2. The fraction of sp³-hybridized carbons (Fsp3) is 0.167. The summed E-state index contributed by atoms with van der Waals surface area (Å²) in [5, 5.41) is 2.67. The molecule has 82 valence electrons. The van der Waals surface area contributed by atoms with Crippen LogP contribution in [0.3, 0.4) is 0 Å². The third-order valence-electron chi connectivity index (χ3n) is 2.24. The number of hydrogen-bond donors (Lipinski definition) is 1. The van der Waals surface area contributed by atoms with E-state index in [1.165, 1.54) is 13.0 Å². The average molecular weight is 217 g/mol. The zero-order chi connectivity index (χ0) is 11.5. The van der Waals surface area contributed by atoms with Crippen LogP contribution < -0.4 is 5.32 Å². The highest BCUT2D eigenvalue weighted by molar-refractivity contribution is 5.96. The second-order valence-electron chi connectivity index (χ2n) is 3.54. The van der Waals surface area contributed by atoms with Gasteiger partial charge in [-0.1, -0.05) is 12.1 Å². The Morgan fingerprint density at radius 2 is 2.00 bits per heavy atom. The minimum atomic E-state index is -0.305. The van der Waals surface area contributed by atoms with Gasteiger partial charge in [0.05, 0.1) is 0 Å². The molecular weight excluding hydrogens is 206 g/mol. The molecule has 1 aliphatic heterocycles. The van der Waals surface area contributed by atoms with E-state index in [4.69, 9.17) is 4.74 Å². The number of carbonyl (C=O) groups excluding carboxylic acids is 2. The quantitative estimate of drug-likeness (QED) is 0.765. The summed E-state index contributed by atoms with van der Waals surface area (Å²) in [7, 11) is 0. The molecule has 0 atom stereocenters. The summed E-state index contributed by atoms with van der Waals surface area (Å²) in [6.45, 7) is 1.78. The highest BCUT2D eigenvalue weighted by Crippen LogP contribution is 2.21. The molecule has 0 unspecified atom stereocenters. The fourth-order valence-electron chi connectivity index (χ4n) is 1.51. The maximum absolute atomic E-state index is 10.9. The predicted octanol–water partition coefficient (Wildman–Crippen LogP) is 1.59. The molecule has 4 heteroatoms. The summed E-state index contributed by atoms with van der Waals surface area (Å²) < 4.78 is 4.81. The van der Waals surface area contributed by atoms with Crippen LogP contribution in [0.25, 0.3) is 5.57 Å². The Morgan fingerprint density at radius 1 is 1.31 bits per heavy atom. The van der Waals surface area contributed by atoms with Crippen molar-refractivity contribution in [3.8, 4) is 0 Å². The molecule has 1 aliphatic rings. The lowest BCUT2D eigenvalue weighted by Gasteiger charge is -2.04. The molecule has 0 aromatic heterocycles. The zero-order valence-corrected chi connectivity index (χ0v) is 8.82. The summed E-state index contributed by atoms with van der Waals surface area (Å²) in [6.07, 6.45) is 1.48. The Hall–Kier alpha value is -2.10. The van der Waals surface area contributed by atoms with Crippen LogP contribution in [-0.2, 0) is 14.3 Å². The molecule has 1 aromatic carbocycles. The SMILES string of the molecule is CC(=O)Nc1ccc(C2=CC(=O)OC2)cc1. The van der Waals surface area contributed by atoms with Gasteiger partial charge in [0.25, 0.3) is 0 Å². The molecule has 0 saturated carbocycles. The average Bonchev–Trinajstić information content (AvgIpc) is 2.65. The molecule has 0 fully saturated rings. The van der Waals surface area contributed by atoms with Gasteiger partial charge in [-0.05, 0) is 17.7 Å². The standard InChI is InChI=1S/C12H11NO3/c1-8(14)13-11-4-2-9(3-5-11)10-6-12(15)16-7-10/h2-6H,7H2,1H3,(H,13,14). The molecule has 0 bridgehead atoms. The van der Waals surface area contributed by atoms with Gasteiger partial charge >= 0.3 is 5.97 Å². The van der Waals surface area contributed by atoms with Gasteiger partial charge in [-0.2, -0.15) is 0 Å². The van der Waals surface area contributed by atoms with Crippen LogP contribution in [0.15, 0.2) is 30.3 Å². The molecule has 1 heterocycles. The van der Waals surface area contributed by atoms with E-state index < -0.39 is 0 Å². The number of carbonyl (C=O) groups is 2. The minimum Gasteiger partial charge on any atom is -0.458 e. The molecule has 1 aromatic rings. The number of ether oxygens (including phenoxy) is 1. The largest absolute Gasteiger partial charge is 0.458 e. The Kier molecular flexibility index (Phi) is 2.72. The van der Waals surface area contributed by atoms with Crippen LogP contribution in [0.4, 0.5) is 5.69 Å². The lowest BCUT2D eigenvalue weighted by molar-refractivity contribution is -0.134. The first-order chi connectivity index (χ1) is 7.65. The topological polar surface area (TPSA) is 55.4 Å². The van der Waals surface area contributed by atoms with Crippen LogP contribution in [0.2, 0.25) is 0 Å². The van der Waals surface area contributed by atoms with Gasteiger partial charge in [0.1, 0.15) is 6.61 Å². The van der Waals surface area contributed by atoms with Crippen molar-refractivity contribution in [2.75, 3.05) is 11.9 Å². The number of cyclic esters (lactones) is 1. The smallest absolute Gasteiger partial charge is 0.331 e. The van der Waals surface area contributed by atoms with E-state index in [9.17, 15) is 9.59 Å². The van der Waals surface area contributed by atoms with Gasteiger partial charge < -0.3 is 10.1 Å². The second kappa shape index (κ2) is 4.18. The Labute approximate surface area is 92.9 Å². The van der Waals surface area contributed by atoms with Crippen LogP contribution in [-0.4, -0.2) is 18.5 Å². The molecule has 0 radical (unpaired) electrons. The molecule has 0 saturated heterocycles. The first-order valence-corrected chi connectivity index (χ1v) is 4.90. The summed E-state index contributed by atoms with van der Waals surface area (Å²) in [4.78, 5) is 21.7. The number of hydrogen-bond acceptors (Lipinski definition) is 3. The maximum atomic E-state index is 10.9. The highest BCUT2D eigenvalue weighted by atomic mass is 16.5. The van der Waals surface area contributed by atoms with Crippen molar-refractivity contribution in [3.63, 3.8) is 0 Å². The molecule has 1 N–H and O–H groups in total. The Morgan fingerprint density at radius 3 is 2.50 bits per heavy atom. The molecule has 0 spiro atoms.